The lowest BCUT2D eigenvalue weighted by molar-refractivity contribution is -0.134. The van der Waals surface area contributed by atoms with E-state index in [1.807, 2.05) is 42.2 Å². The van der Waals surface area contributed by atoms with E-state index in [9.17, 15) is 10.1 Å². The molecule has 7 nitrogen and oxygen atoms in total. The van der Waals surface area contributed by atoms with Crippen LogP contribution in [-0.2, 0) is 11.2 Å². The van der Waals surface area contributed by atoms with Crippen LogP contribution in [0.25, 0.3) is 18.7 Å². The third-order valence-corrected chi connectivity index (χ3v) is 6.74. The number of amides is 1. The Hall–Kier alpha value is -3.76. The molecule has 7 heteroatoms. The Morgan fingerprint density at radius 2 is 2.11 bits per heavy atom. The topological polar surface area (TPSA) is 93.4 Å². The predicted molar refractivity (Wildman–Crippen MR) is 142 cm³/mol. The van der Waals surface area contributed by atoms with E-state index in [1.165, 1.54) is 0 Å². The quantitative estimate of drug-likeness (QED) is 0.619. The van der Waals surface area contributed by atoms with Gasteiger partial charge in [-0.25, -0.2) is 9.97 Å². The number of nitriles is 1. The van der Waals surface area contributed by atoms with Crippen molar-refractivity contribution < 1.29 is 9.90 Å². The van der Waals surface area contributed by atoms with Gasteiger partial charge in [-0.3, -0.25) is 4.79 Å². The van der Waals surface area contributed by atoms with Gasteiger partial charge in [0.15, 0.2) is 0 Å². The largest absolute Gasteiger partial charge is 0.396 e. The van der Waals surface area contributed by atoms with E-state index in [4.69, 9.17) is 10.1 Å². The lowest BCUT2D eigenvalue weighted by Crippen LogP contribution is -2.54. The van der Waals surface area contributed by atoms with Crippen LogP contribution in [0.4, 0.5) is 5.82 Å². The van der Waals surface area contributed by atoms with Gasteiger partial charge in [0.05, 0.1) is 23.2 Å². The number of nitrogens with zero attached hydrogens (tertiary/aromatic N) is 5. The first-order valence-corrected chi connectivity index (χ1v) is 12.5. The highest BCUT2D eigenvalue weighted by molar-refractivity contribution is 5.77. The molecule has 1 unspecified atom stereocenters. The van der Waals surface area contributed by atoms with Crippen molar-refractivity contribution in [2.45, 2.75) is 44.6 Å². The summed E-state index contributed by atoms with van der Waals surface area (Å²) in [5.74, 6) is 1.12. The van der Waals surface area contributed by atoms with Gasteiger partial charge in [-0.2, -0.15) is 5.26 Å². The fourth-order valence-electron chi connectivity index (χ4n) is 4.65. The minimum absolute atomic E-state index is 0.0141. The molecule has 1 atom stereocenters. The molecule has 0 bridgehead atoms. The van der Waals surface area contributed by atoms with E-state index in [1.54, 1.807) is 6.08 Å². The molecule has 3 heterocycles. The smallest absolute Gasteiger partial charge is 0.225 e. The number of anilines is 1. The molecule has 1 saturated carbocycles. The Kier molecular flexibility index (Phi) is 7.97. The highest BCUT2D eigenvalue weighted by Crippen LogP contribution is 2.42. The van der Waals surface area contributed by atoms with Crippen molar-refractivity contribution in [2.75, 3.05) is 31.1 Å². The zero-order chi connectivity index (χ0) is 25.7. The molecular weight excluding hydrogens is 450 g/mol. The van der Waals surface area contributed by atoms with E-state index < -0.39 is 0 Å². The van der Waals surface area contributed by atoms with Gasteiger partial charge < -0.3 is 14.9 Å². The molecule has 1 saturated heterocycles. The van der Waals surface area contributed by atoms with Crippen LogP contribution in [0.3, 0.4) is 0 Å². The maximum absolute atomic E-state index is 12.3. The minimum Gasteiger partial charge on any atom is -0.396 e. The molecule has 0 aromatic carbocycles. The Morgan fingerprint density at radius 1 is 1.31 bits per heavy atom. The van der Waals surface area contributed by atoms with Crippen molar-refractivity contribution in [2.24, 2.45) is 0 Å². The number of aromatic nitrogens is 2. The van der Waals surface area contributed by atoms with Gasteiger partial charge >= 0.3 is 0 Å². The first kappa shape index (κ1) is 25.3. The van der Waals surface area contributed by atoms with Gasteiger partial charge in [-0.1, -0.05) is 31.4 Å². The van der Waals surface area contributed by atoms with Gasteiger partial charge in [-0.15, -0.1) is 0 Å². The number of hydrogen-bond donors (Lipinski definition) is 1. The van der Waals surface area contributed by atoms with Gasteiger partial charge in [0.2, 0.25) is 5.91 Å². The van der Waals surface area contributed by atoms with Crippen LogP contribution in [0.2, 0.25) is 0 Å². The van der Waals surface area contributed by atoms with E-state index in [-0.39, 0.29) is 25.0 Å². The summed E-state index contributed by atoms with van der Waals surface area (Å²) in [4.78, 5) is 25.8. The number of rotatable bonds is 8. The summed E-state index contributed by atoms with van der Waals surface area (Å²) in [6.07, 6.45) is 10.8. The molecule has 2 aromatic rings. The summed E-state index contributed by atoms with van der Waals surface area (Å²) in [6.45, 7) is 11.5. The van der Waals surface area contributed by atoms with Gasteiger partial charge in [-0.05, 0) is 61.3 Å². The standard InChI is InChI=1S/C29H33N5O2/c1-4-25-12-9-20(2)26(31-25)8-6-5-7-23-17-24(18-30)29(32-28(23)22-10-11-22)33-14-15-34(21(3)19-33)27(36)13-16-35/h4-6,8-9,12,17,21-22,35H,1-2,7,10-11,13-16,19H2,3H3/b6-5-,26-8+. The zero-order valence-corrected chi connectivity index (χ0v) is 20.9. The van der Waals surface area contributed by atoms with Crippen LogP contribution >= 0.6 is 0 Å². The van der Waals surface area contributed by atoms with Crippen molar-refractivity contribution in [1.82, 2.24) is 14.9 Å². The normalized spacial score (nSPS) is 18.5. The molecule has 4 rings (SSSR count). The number of aliphatic hydroxyl groups excluding tert-OH is 1. The summed E-state index contributed by atoms with van der Waals surface area (Å²) in [5, 5.41) is 20.7. The van der Waals surface area contributed by atoms with E-state index in [2.05, 4.69) is 35.2 Å². The number of hydrogen-bond acceptors (Lipinski definition) is 6. The van der Waals surface area contributed by atoms with Crippen molar-refractivity contribution in [1.29, 1.82) is 5.26 Å². The maximum atomic E-state index is 12.3. The van der Waals surface area contributed by atoms with E-state index in [0.29, 0.717) is 43.4 Å². The minimum atomic E-state index is -0.140. The number of allylic oxidation sites excluding steroid dienone is 2. The number of aliphatic hydroxyl groups is 1. The second-order valence-electron chi connectivity index (χ2n) is 9.43. The predicted octanol–water partition coefficient (Wildman–Crippen LogP) is 2.28. The third-order valence-electron chi connectivity index (χ3n) is 6.74. The highest BCUT2D eigenvalue weighted by Gasteiger charge is 2.32. The van der Waals surface area contributed by atoms with Gasteiger partial charge in [0.25, 0.3) is 0 Å². The first-order valence-electron chi connectivity index (χ1n) is 12.5. The monoisotopic (exact) mass is 483 g/mol. The summed E-state index contributed by atoms with van der Waals surface area (Å²) < 4.78 is 0. The Bertz CT molecular complexity index is 1320. The zero-order valence-electron chi connectivity index (χ0n) is 20.9. The fourth-order valence-corrected chi connectivity index (χ4v) is 4.65. The molecule has 36 heavy (non-hydrogen) atoms. The SMILES string of the molecule is C=Cc1ccc(=C)/c(=C\C=C/Cc2cc(C#N)c(N3CCN(C(=O)CCO)C(C)C3)nc2C2CC2)n1. The average molecular weight is 484 g/mol. The van der Waals surface area contributed by atoms with E-state index in [0.717, 1.165) is 40.4 Å². The number of carbonyl (C=O) groups excluding carboxylic acids is 1. The van der Waals surface area contributed by atoms with Crippen LogP contribution in [0.1, 0.15) is 54.6 Å². The van der Waals surface area contributed by atoms with E-state index >= 15 is 0 Å². The molecule has 1 N–H and O–H groups in total. The van der Waals surface area contributed by atoms with Crippen LogP contribution in [0.15, 0.2) is 36.9 Å². The summed E-state index contributed by atoms with van der Waals surface area (Å²) in [7, 11) is 0. The number of piperazine rings is 1. The first-order chi connectivity index (χ1) is 17.4. The lowest BCUT2D eigenvalue weighted by atomic mass is 10.0. The Balaban J connectivity index is 1.56. The Labute approximate surface area is 212 Å². The van der Waals surface area contributed by atoms with Gasteiger partial charge in [0.1, 0.15) is 11.9 Å². The summed E-state index contributed by atoms with van der Waals surface area (Å²) >= 11 is 0. The van der Waals surface area contributed by atoms with Crippen LogP contribution in [0.5, 0.6) is 0 Å². The van der Waals surface area contributed by atoms with Crippen molar-refractivity contribution in [3.05, 3.63) is 70.0 Å². The lowest BCUT2D eigenvalue weighted by Gasteiger charge is -2.40. The second-order valence-corrected chi connectivity index (χ2v) is 9.43. The van der Waals surface area contributed by atoms with Crippen molar-refractivity contribution in [3.8, 4) is 6.07 Å². The fraction of sp³-hybridized carbons (Fsp3) is 0.379. The average Bonchev–Trinajstić information content (AvgIpc) is 3.72. The van der Waals surface area contributed by atoms with Crippen LogP contribution in [0, 0.1) is 11.3 Å². The molecule has 0 spiro atoms. The molecule has 2 fully saturated rings. The molecule has 1 aliphatic carbocycles. The highest BCUT2D eigenvalue weighted by atomic mass is 16.3. The molecule has 1 aliphatic heterocycles. The second kappa shape index (κ2) is 11.3. The van der Waals surface area contributed by atoms with Crippen LogP contribution in [-0.4, -0.2) is 58.2 Å². The molecule has 186 valence electrons. The molecule has 2 aliphatic rings. The van der Waals surface area contributed by atoms with Gasteiger partial charge in [0, 0.05) is 43.7 Å². The molecule has 2 aromatic heterocycles. The third kappa shape index (κ3) is 5.72. The molecular formula is C29H33N5O2. The maximum Gasteiger partial charge on any atom is 0.225 e. The Morgan fingerprint density at radius 3 is 2.78 bits per heavy atom. The number of carbonyl (C=O) groups is 1. The van der Waals surface area contributed by atoms with Crippen molar-refractivity contribution >= 4 is 30.5 Å². The number of pyridine rings is 2. The summed E-state index contributed by atoms with van der Waals surface area (Å²) in [5.41, 5.74) is 3.53. The molecule has 0 radical (unpaired) electrons. The van der Waals surface area contributed by atoms with Crippen molar-refractivity contribution in [3.63, 3.8) is 0 Å². The van der Waals surface area contributed by atoms with Crippen LogP contribution < -0.4 is 15.5 Å². The molecule has 1 amide bonds. The summed E-state index contributed by atoms with van der Waals surface area (Å²) in [6, 6.07) is 8.14.